The van der Waals surface area contributed by atoms with E-state index in [0.717, 1.165) is 5.56 Å². The Morgan fingerprint density at radius 2 is 1.56 bits per heavy atom. The van der Waals surface area contributed by atoms with Gasteiger partial charge < -0.3 is 10.6 Å². The molecule has 12 heteroatoms. The van der Waals surface area contributed by atoms with Gasteiger partial charge in [-0.2, -0.15) is 8.42 Å². The van der Waals surface area contributed by atoms with E-state index < -0.39 is 39.4 Å². The van der Waals surface area contributed by atoms with Crippen LogP contribution >= 0.6 is 34.8 Å². The molecule has 0 heterocycles. The van der Waals surface area contributed by atoms with Crippen molar-refractivity contribution in [3.8, 4) is 11.1 Å². The largest absolute Gasteiger partial charge is 0.351 e. The van der Waals surface area contributed by atoms with Crippen molar-refractivity contribution in [1.82, 2.24) is 5.32 Å². The van der Waals surface area contributed by atoms with Crippen molar-refractivity contribution in [2.75, 3.05) is 17.6 Å². The number of hydrogen-bond donors (Lipinski definition) is 3. The summed E-state index contributed by atoms with van der Waals surface area (Å²) in [6.07, 6.45) is 4.30. The maximum atomic E-state index is 15.6. The minimum absolute atomic E-state index is 0.0134. The van der Waals surface area contributed by atoms with Crippen LogP contribution in [0.1, 0.15) is 53.7 Å². The Bertz CT molecular complexity index is 1940. The molecule has 4 aromatic rings. The average Bonchev–Trinajstić information content (AvgIpc) is 3.01. The monoisotopic (exact) mass is 730 g/mol. The molecule has 0 radical (unpaired) electrons. The van der Waals surface area contributed by atoms with Crippen LogP contribution in [0.3, 0.4) is 0 Å². The number of amides is 2. The third-order valence-corrected chi connectivity index (χ3v) is 8.93. The number of nitrogens with one attached hydrogen (secondary N) is 2. The highest BCUT2D eigenvalue weighted by Gasteiger charge is 2.24. The van der Waals surface area contributed by atoms with E-state index >= 15 is 4.39 Å². The lowest BCUT2D eigenvalue weighted by atomic mass is 9.89. The van der Waals surface area contributed by atoms with Crippen LogP contribution in [0.4, 0.5) is 10.1 Å². The summed E-state index contributed by atoms with van der Waals surface area (Å²) >= 11 is 18.8. The Balaban J connectivity index is 1.60. The number of halogens is 4. The summed E-state index contributed by atoms with van der Waals surface area (Å²) < 4.78 is 46.4. The van der Waals surface area contributed by atoms with Crippen molar-refractivity contribution in [3.05, 3.63) is 128 Å². The van der Waals surface area contributed by atoms with Crippen LogP contribution in [0.15, 0.2) is 84.9 Å². The molecule has 0 fully saturated rings. The van der Waals surface area contributed by atoms with Crippen molar-refractivity contribution < 1.29 is 27.0 Å². The molecule has 0 saturated carbocycles. The molecule has 0 aliphatic rings. The molecule has 0 aliphatic carbocycles. The predicted molar refractivity (Wildman–Crippen MR) is 192 cm³/mol. The Kier molecular flexibility index (Phi) is 12.1. The molecule has 4 aromatic carbocycles. The van der Waals surface area contributed by atoms with Gasteiger partial charge in [-0.1, -0.05) is 116 Å². The van der Waals surface area contributed by atoms with Crippen LogP contribution in [0.25, 0.3) is 17.2 Å². The first-order chi connectivity index (χ1) is 22.5. The van der Waals surface area contributed by atoms with Crippen molar-refractivity contribution in [1.29, 1.82) is 0 Å². The number of allylic oxidation sites excluding steroid dienone is 1. The fourth-order valence-corrected chi connectivity index (χ4v) is 5.89. The van der Waals surface area contributed by atoms with E-state index in [9.17, 15) is 18.0 Å². The van der Waals surface area contributed by atoms with Gasteiger partial charge in [0.1, 0.15) is 0 Å². The highest BCUT2D eigenvalue weighted by Crippen LogP contribution is 2.38. The van der Waals surface area contributed by atoms with Crippen LogP contribution in [0, 0.1) is 11.2 Å². The number of benzene rings is 4. The molecule has 0 aromatic heterocycles. The standard InChI is InChI=1S/C36H34Cl3FN2O5S/c1-36(2,3)17-16-22-4-8-24(9-5-22)29(20-23-6-10-25(11-7-23)34(43)41-18-19-48(45,46)47)35(44)42-31-15-14-28(32(39)33(31)40)27-13-12-26(37)21-30(27)38/h4-17,21,29H,18-20H2,1-3H3,(H,41,43)(H,42,44)(H,45,46,47)/b17-16+. The molecule has 3 N–H and O–H groups in total. The zero-order chi connectivity index (χ0) is 35.2. The van der Waals surface area contributed by atoms with E-state index in [-0.39, 0.29) is 34.7 Å². The third kappa shape index (κ3) is 10.4. The lowest BCUT2D eigenvalue weighted by molar-refractivity contribution is -0.117. The molecule has 252 valence electrons. The summed E-state index contributed by atoms with van der Waals surface area (Å²) in [6, 6.07) is 21.7. The summed E-state index contributed by atoms with van der Waals surface area (Å²) in [7, 11) is -4.21. The molecular weight excluding hydrogens is 698 g/mol. The second-order valence-corrected chi connectivity index (χ2v) is 15.1. The lowest BCUT2D eigenvalue weighted by Crippen LogP contribution is -2.28. The lowest BCUT2D eigenvalue weighted by Gasteiger charge is -2.19. The van der Waals surface area contributed by atoms with Gasteiger partial charge in [-0.25, -0.2) is 4.39 Å². The van der Waals surface area contributed by atoms with Crippen molar-refractivity contribution in [2.24, 2.45) is 5.41 Å². The second-order valence-electron chi connectivity index (χ2n) is 12.3. The Morgan fingerprint density at radius 1 is 0.917 bits per heavy atom. The minimum atomic E-state index is -4.21. The Labute approximate surface area is 294 Å². The molecule has 1 atom stereocenters. The van der Waals surface area contributed by atoms with Gasteiger partial charge in [0.25, 0.3) is 16.0 Å². The van der Waals surface area contributed by atoms with E-state index in [1.54, 1.807) is 42.5 Å². The molecule has 2 amide bonds. The first-order valence-electron chi connectivity index (χ1n) is 14.9. The second kappa shape index (κ2) is 15.7. The van der Waals surface area contributed by atoms with Crippen LogP contribution < -0.4 is 10.6 Å². The third-order valence-electron chi connectivity index (χ3n) is 7.29. The number of hydrogen-bond acceptors (Lipinski definition) is 4. The van der Waals surface area contributed by atoms with Crippen molar-refractivity contribution in [2.45, 2.75) is 33.1 Å². The van der Waals surface area contributed by atoms with Gasteiger partial charge >= 0.3 is 0 Å². The maximum Gasteiger partial charge on any atom is 0.266 e. The number of carbonyl (C=O) groups excluding carboxylic acids is 2. The zero-order valence-electron chi connectivity index (χ0n) is 26.4. The summed E-state index contributed by atoms with van der Waals surface area (Å²) in [4.78, 5) is 26.3. The summed E-state index contributed by atoms with van der Waals surface area (Å²) in [5.74, 6) is -3.19. The maximum absolute atomic E-state index is 15.6. The zero-order valence-corrected chi connectivity index (χ0v) is 29.4. The average molecular weight is 732 g/mol. The van der Waals surface area contributed by atoms with E-state index in [2.05, 4.69) is 37.5 Å². The van der Waals surface area contributed by atoms with E-state index in [0.29, 0.717) is 32.3 Å². The number of rotatable bonds is 11. The van der Waals surface area contributed by atoms with Crippen LogP contribution in [0.5, 0.6) is 0 Å². The van der Waals surface area contributed by atoms with Gasteiger partial charge in [0, 0.05) is 33.3 Å². The van der Waals surface area contributed by atoms with E-state index in [1.807, 2.05) is 30.3 Å². The molecule has 7 nitrogen and oxygen atoms in total. The highest BCUT2D eigenvalue weighted by atomic mass is 35.5. The number of carbonyl (C=O) groups is 2. The Morgan fingerprint density at radius 3 is 2.17 bits per heavy atom. The van der Waals surface area contributed by atoms with Crippen LogP contribution in [-0.2, 0) is 21.3 Å². The molecule has 0 saturated heterocycles. The normalized spacial score (nSPS) is 12.6. The fourth-order valence-electron chi connectivity index (χ4n) is 4.75. The first kappa shape index (κ1) is 37.1. The first-order valence-corrected chi connectivity index (χ1v) is 17.6. The quantitative estimate of drug-likeness (QED) is 0.133. The van der Waals surface area contributed by atoms with Gasteiger partial charge in [0.05, 0.1) is 22.4 Å². The molecule has 0 aliphatic heterocycles. The fraction of sp³-hybridized carbons (Fsp3) is 0.222. The number of anilines is 1. The Hall–Kier alpha value is -3.73. The van der Waals surface area contributed by atoms with Gasteiger partial charge in [-0.3, -0.25) is 14.1 Å². The van der Waals surface area contributed by atoms with Crippen LogP contribution in [-0.4, -0.2) is 37.1 Å². The topological polar surface area (TPSA) is 113 Å². The van der Waals surface area contributed by atoms with Crippen molar-refractivity contribution >= 4 is 68.5 Å². The molecular formula is C36H34Cl3FN2O5S. The minimum Gasteiger partial charge on any atom is -0.351 e. The van der Waals surface area contributed by atoms with Gasteiger partial charge in [-0.05, 0) is 58.9 Å². The molecule has 1 unspecified atom stereocenters. The summed E-state index contributed by atoms with van der Waals surface area (Å²) in [5.41, 5.74) is 3.32. The van der Waals surface area contributed by atoms with Crippen LogP contribution in [0.2, 0.25) is 15.1 Å². The van der Waals surface area contributed by atoms with E-state index in [4.69, 9.17) is 39.4 Å². The van der Waals surface area contributed by atoms with Gasteiger partial charge in [0.15, 0.2) is 5.82 Å². The summed E-state index contributed by atoms with van der Waals surface area (Å²) in [6.45, 7) is 6.02. The van der Waals surface area contributed by atoms with Crippen molar-refractivity contribution in [3.63, 3.8) is 0 Å². The molecule has 0 spiro atoms. The molecule has 0 bridgehead atoms. The molecule has 48 heavy (non-hydrogen) atoms. The van der Waals surface area contributed by atoms with Gasteiger partial charge in [0.2, 0.25) is 5.91 Å². The van der Waals surface area contributed by atoms with E-state index in [1.165, 1.54) is 12.1 Å². The molecule has 4 rings (SSSR count). The van der Waals surface area contributed by atoms with Gasteiger partial charge in [-0.15, -0.1) is 0 Å². The SMILES string of the molecule is CC(C)(C)/C=C/c1ccc(C(Cc2ccc(C(=O)NCCS(=O)(=O)O)cc2)C(=O)Nc2ccc(-c3ccc(Cl)cc3Cl)c(Cl)c2F)cc1. The smallest absolute Gasteiger partial charge is 0.266 e. The summed E-state index contributed by atoms with van der Waals surface area (Å²) in [5, 5.41) is 5.63. The predicted octanol–water partition coefficient (Wildman–Crippen LogP) is 9.09. The highest BCUT2D eigenvalue weighted by molar-refractivity contribution is 7.85.